The van der Waals surface area contributed by atoms with Gasteiger partial charge in [0.05, 0.1) is 12.2 Å². The molecule has 4 heteroatoms. The number of hydrogen-bond donors (Lipinski definition) is 0. The molecule has 0 saturated heterocycles. The zero-order valence-electron chi connectivity index (χ0n) is 12.3. The minimum atomic E-state index is -0.325. The Kier molecular flexibility index (Phi) is 5.17. The number of aromatic nitrogens is 1. The monoisotopic (exact) mass is 286 g/mol. The highest BCUT2D eigenvalue weighted by atomic mass is 19.1. The van der Waals surface area contributed by atoms with Crippen LogP contribution >= 0.6 is 0 Å². The second-order valence-electron chi connectivity index (χ2n) is 5.25. The molecule has 21 heavy (non-hydrogen) atoms. The maximum Gasteiger partial charge on any atom is 0.151 e. The van der Waals surface area contributed by atoms with Crippen LogP contribution in [0.5, 0.6) is 0 Å². The Hall–Kier alpha value is -2.07. The number of Topliss-reactive ketones (excluding diaryl/α,β-unsaturated/α-hetero) is 1. The van der Waals surface area contributed by atoms with E-state index in [0.717, 1.165) is 11.4 Å². The number of likely N-dealkylation sites (N-methyl/N-ethyl adjacent to an activating group) is 1. The van der Waals surface area contributed by atoms with E-state index >= 15 is 0 Å². The van der Waals surface area contributed by atoms with Gasteiger partial charge in [-0.2, -0.15) is 0 Å². The molecular weight excluding hydrogens is 267 g/mol. The van der Waals surface area contributed by atoms with E-state index in [4.69, 9.17) is 0 Å². The van der Waals surface area contributed by atoms with Gasteiger partial charge in [0.2, 0.25) is 0 Å². The molecule has 0 atom stereocenters. The molecule has 1 heterocycles. The summed E-state index contributed by atoms with van der Waals surface area (Å²) in [6.45, 7) is 2.82. The van der Waals surface area contributed by atoms with Crippen molar-refractivity contribution in [2.45, 2.75) is 19.9 Å². The molecule has 0 aliphatic heterocycles. The summed E-state index contributed by atoms with van der Waals surface area (Å²) in [4.78, 5) is 18.3. The fourth-order valence-electron chi connectivity index (χ4n) is 2.23. The zero-order valence-corrected chi connectivity index (χ0v) is 12.3. The van der Waals surface area contributed by atoms with Crippen LogP contribution in [0.3, 0.4) is 0 Å². The molecule has 3 nitrogen and oxygen atoms in total. The Morgan fingerprint density at radius 2 is 1.95 bits per heavy atom. The third-order valence-electron chi connectivity index (χ3n) is 3.17. The van der Waals surface area contributed by atoms with Crippen molar-refractivity contribution in [2.75, 3.05) is 13.6 Å². The van der Waals surface area contributed by atoms with E-state index in [0.29, 0.717) is 12.1 Å². The minimum absolute atomic E-state index is 0.00440. The van der Waals surface area contributed by atoms with Crippen LogP contribution in [0.15, 0.2) is 42.5 Å². The van der Waals surface area contributed by atoms with Crippen LogP contribution in [0.4, 0.5) is 4.39 Å². The Morgan fingerprint density at radius 3 is 2.67 bits per heavy atom. The van der Waals surface area contributed by atoms with Crippen molar-refractivity contribution in [3.05, 3.63) is 65.2 Å². The Bertz CT molecular complexity index is 628. The number of benzene rings is 1. The fourth-order valence-corrected chi connectivity index (χ4v) is 2.23. The first-order chi connectivity index (χ1) is 10.0. The normalized spacial score (nSPS) is 10.9. The first-order valence-corrected chi connectivity index (χ1v) is 6.91. The van der Waals surface area contributed by atoms with Gasteiger partial charge < -0.3 is 0 Å². The average molecular weight is 286 g/mol. The minimum Gasteiger partial charge on any atom is -0.298 e. The lowest BCUT2D eigenvalue weighted by Crippen LogP contribution is -2.27. The number of ketones is 1. The maximum absolute atomic E-state index is 13.5. The second kappa shape index (κ2) is 7.09. The topological polar surface area (TPSA) is 33.2 Å². The van der Waals surface area contributed by atoms with E-state index in [-0.39, 0.29) is 24.6 Å². The number of carbonyl (C=O) groups excluding carboxylic acids is 1. The Labute approximate surface area is 124 Å². The van der Waals surface area contributed by atoms with E-state index < -0.39 is 0 Å². The lowest BCUT2D eigenvalue weighted by Gasteiger charge is -2.15. The van der Waals surface area contributed by atoms with Crippen LogP contribution in [-0.4, -0.2) is 29.3 Å². The smallest absolute Gasteiger partial charge is 0.151 e. The highest BCUT2D eigenvalue weighted by Gasteiger charge is 2.11. The largest absolute Gasteiger partial charge is 0.298 e. The molecule has 1 aromatic heterocycles. The maximum atomic E-state index is 13.5. The molecule has 2 rings (SSSR count). The molecule has 0 aliphatic carbocycles. The molecule has 0 amide bonds. The van der Waals surface area contributed by atoms with E-state index in [2.05, 4.69) is 4.98 Å². The van der Waals surface area contributed by atoms with Crippen LogP contribution in [0.1, 0.15) is 17.0 Å². The summed E-state index contributed by atoms with van der Waals surface area (Å²) in [5.41, 5.74) is 2.33. The van der Waals surface area contributed by atoms with Crippen LogP contribution in [0, 0.1) is 12.7 Å². The van der Waals surface area contributed by atoms with E-state index in [1.165, 1.54) is 6.07 Å². The van der Waals surface area contributed by atoms with Crippen LogP contribution in [-0.2, 0) is 17.8 Å². The van der Waals surface area contributed by atoms with Gasteiger partial charge in [-0.3, -0.25) is 14.7 Å². The van der Waals surface area contributed by atoms with Gasteiger partial charge in [-0.25, -0.2) is 4.39 Å². The summed E-state index contributed by atoms with van der Waals surface area (Å²) < 4.78 is 13.5. The van der Waals surface area contributed by atoms with Gasteiger partial charge in [0, 0.05) is 18.7 Å². The zero-order chi connectivity index (χ0) is 15.2. The molecule has 0 fully saturated rings. The quantitative estimate of drug-likeness (QED) is 0.818. The van der Waals surface area contributed by atoms with Gasteiger partial charge in [-0.05, 0) is 37.7 Å². The SMILES string of the molecule is Cc1cccc(CN(C)CC(=O)Cc2ccccc2F)n1. The first-order valence-electron chi connectivity index (χ1n) is 6.91. The van der Waals surface area contributed by atoms with E-state index in [1.807, 2.05) is 37.1 Å². The standard InChI is InChI=1S/C17H19FN2O/c1-13-6-5-8-15(19-13)11-20(2)12-16(21)10-14-7-3-4-9-17(14)18/h3-9H,10-12H2,1-2H3. The van der Waals surface area contributed by atoms with Crippen molar-refractivity contribution < 1.29 is 9.18 Å². The summed E-state index contributed by atoms with van der Waals surface area (Å²) in [5, 5.41) is 0. The van der Waals surface area contributed by atoms with Crippen molar-refractivity contribution in [1.29, 1.82) is 0 Å². The van der Waals surface area contributed by atoms with E-state index in [1.54, 1.807) is 18.2 Å². The summed E-state index contributed by atoms with van der Waals surface area (Å²) >= 11 is 0. The molecule has 0 spiro atoms. The molecule has 0 aliphatic rings. The molecule has 110 valence electrons. The third kappa shape index (κ3) is 4.76. The predicted molar refractivity (Wildman–Crippen MR) is 80.4 cm³/mol. The van der Waals surface area contributed by atoms with Crippen LogP contribution < -0.4 is 0 Å². The summed E-state index contributed by atoms with van der Waals surface area (Å²) in [6, 6.07) is 12.2. The highest BCUT2D eigenvalue weighted by molar-refractivity contribution is 5.82. The van der Waals surface area contributed by atoms with Gasteiger partial charge in [-0.15, -0.1) is 0 Å². The molecule has 2 aromatic rings. The number of pyridine rings is 1. The highest BCUT2D eigenvalue weighted by Crippen LogP contribution is 2.08. The molecule has 0 saturated carbocycles. The number of carbonyl (C=O) groups is 1. The third-order valence-corrected chi connectivity index (χ3v) is 3.17. The predicted octanol–water partition coefficient (Wildman–Crippen LogP) is 2.77. The van der Waals surface area contributed by atoms with E-state index in [9.17, 15) is 9.18 Å². The molecule has 1 aromatic carbocycles. The number of aryl methyl sites for hydroxylation is 1. The first kappa shape index (κ1) is 15.3. The van der Waals surface area contributed by atoms with Gasteiger partial charge >= 0.3 is 0 Å². The van der Waals surface area contributed by atoms with Crippen molar-refractivity contribution in [3.63, 3.8) is 0 Å². The van der Waals surface area contributed by atoms with Gasteiger partial charge in [0.25, 0.3) is 0 Å². The summed E-state index contributed by atoms with van der Waals surface area (Å²) in [5.74, 6) is -0.330. The lowest BCUT2D eigenvalue weighted by molar-refractivity contribution is -0.119. The number of hydrogen-bond acceptors (Lipinski definition) is 3. The molecule has 0 N–H and O–H groups in total. The number of rotatable bonds is 6. The average Bonchev–Trinajstić information content (AvgIpc) is 2.41. The molecule has 0 bridgehead atoms. The number of halogens is 1. The van der Waals surface area contributed by atoms with Gasteiger partial charge in [0.15, 0.2) is 5.78 Å². The van der Waals surface area contributed by atoms with Crippen LogP contribution in [0.25, 0.3) is 0 Å². The molecule has 0 unspecified atom stereocenters. The summed E-state index contributed by atoms with van der Waals surface area (Å²) in [6.07, 6.45) is 0.123. The van der Waals surface area contributed by atoms with Crippen molar-refractivity contribution in [3.8, 4) is 0 Å². The van der Waals surface area contributed by atoms with Gasteiger partial charge in [0.1, 0.15) is 5.82 Å². The Morgan fingerprint density at radius 1 is 1.19 bits per heavy atom. The number of nitrogens with zero attached hydrogens (tertiary/aromatic N) is 2. The Balaban J connectivity index is 1.89. The second-order valence-corrected chi connectivity index (χ2v) is 5.25. The molecular formula is C17H19FN2O. The van der Waals surface area contributed by atoms with Crippen LogP contribution in [0.2, 0.25) is 0 Å². The van der Waals surface area contributed by atoms with Crippen molar-refractivity contribution in [1.82, 2.24) is 9.88 Å². The fraction of sp³-hybridized carbons (Fsp3) is 0.294. The van der Waals surface area contributed by atoms with Crippen molar-refractivity contribution >= 4 is 5.78 Å². The van der Waals surface area contributed by atoms with Gasteiger partial charge in [-0.1, -0.05) is 24.3 Å². The lowest BCUT2D eigenvalue weighted by atomic mass is 10.1. The van der Waals surface area contributed by atoms with Crippen molar-refractivity contribution in [2.24, 2.45) is 0 Å². The molecule has 0 radical (unpaired) electrons. The summed E-state index contributed by atoms with van der Waals surface area (Å²) in [7, 11) is 1.86.